The molecular formula is C15H23O2. The summed E-state index contributed by atoms with van der Waals surface area (Å²) in [6, 6.07) is 0. The van der Waals surface area contributed by atoms with Crippen LogP contribution in [0.3, 0.4) is 0 Å². The van der Waals surface area contributed by atoms with Crippen molar-refractivity contribution in [1.82, 2.24) is 0 Å². The average molecular weight is 235 g/mol. The Balaban J connectivity index is 1.76. The Morgan fingerprint density at radius 1 is 1.24 bits per heavy atom. The second-order valence-electron chi connectivity index (χ2n) is 7.53. The van der Waals surface area contributed by atoms with Crippen molar-refractivity contribution in [2.75, 3.05) is 0 Å². The van der Waals surface area contributed by atoms with E-state index >= 15 is 0 Å². The van der Waals surface area contributed by atoms with Gasteiger partial charge in [-0.1, -0.05) is 0 Å². The molecule has 2 unspecified atom stereocenters. The summed E-state index contributed by atoms with van der Waals surface area (Å²) in [6.45, 7) is 5.84. The fraction of sp³-hybridized carbons (Fsp3) is 0.867. The van der Waals surface area contributed by atoms with Crippen molar-refractivity contribution in [3.63, 3.8) is 0 Å². The zero-order valence-corrected chi connectivity index (χ0v) is 11.2. The monoisotopic (exact) mass is 235 g/mol. The van der Waals surface area contributed by atoms with Crippen LogP contribution in [0.1, 0.15) is 59.3 Å². The Hall–Kier alpha value is -0.530. The second kappa shape index (κ2) is 3.49. The van der Waals surface area contributed by atoms with E-state index in [0.29, 0.717) is 0 Å². The summed E-state index contributed by atoms with van der Waals surface area (Å²) in [5, 5.41) is 0. The van der Waals surface area contributed by atoms with Gasteiger partial charge in [-0.2, -0.15) is 0 Å². The Bertz CT molecular complexity index is 302. The van der Waals surface area contributed by atoms with Gasteiger partial charge in [-0.25, -0.2) is 0 Å². The van der Waals surface area contributed by atoms with Crippen molar-refractivity contribution in [1.29, 1.82) is 0 Å². The van der Waals surface area contributed by atoms with Crippen LogP contribution in [0, 0.1) is 23.2 Å². The maximum absolute atomic E-state index is 12.1. The van der Waals surface area contributed by atoms with E-state index in [9.17, 15) is 4.79 Å². The lowest BCUT2D eigenvalue weighted by molar-refractivity contribution is -0.185. The van der Waals surface area contributed by atoms with Crippen LogP contribution < -0.4 is 0 Å². The third-order valence-corrected chi connectivity index (χ3v) is 4.64. The predicted molar refractivity (Wildman–Crippen MR) is 66.2 cm³/mol. The molecule has 4 bridgehead atoms. The van der Waals surface area contributed by atoms with Crippen molar-refractivity contribution in [3.8, 4) is 0 Å². The van der Waals surface area contributed by atoms with Crippen LogP contribution in [0.4, 0.5) is 0 Å². The third-order valence-electron chi connectivity index (χ3n) is 4.64. The molecule has 2 heteroatoms. The smallest absolute Gasteiger partial charge is 0.311 e. The van der Waals surface area contributed by atoms with E-state index in [4.69, 9.17) is 4.74 Å². The number of hydrogen-bond donors (Lipinski definition) is 0. The van der Waals surface area contributed by atoms with E-state index in [0.717, 1.165) is 31.1 Å². The second-order valence-corrected chi connectivity index (χ2v) is 7.53. The summed E-state index contributed by atoms with van der Waals surface area (Å²) in [4.78, 5) is 12.1. The minimum atomic E-state index is -0.367. The number of carbonyl (C=O) groups excluding carboxylic acids is 1. The summed E-state index contributed by atoms with van der Waals surface area (Å²) >= 11 is 0. The van der Waals surface area contributed by atoms with Crippen molar-refractivity contribution in [3.05, 3.63) is 5.92 Å². The highest BCUT2D eigenvalue weighted by atomic mass is 16.6. The number of ether oxygens (including phenoxy) is 1. The number of hydrogen-bond acceptors (Lipinski definition) is 2. The summed E-state index contributed by atoms with van der Waals surface area (Å²) < 4.78 is 5.96. The maximum atomic E-state index is 12.1. The molecule has 17 heavy (non-hydrogen) atoms. The Kier molecular flexibility index (Phi) is 2.37. The first-order valence-electron chi connectivity index (χ1n) is 6.93. The van der Waals surface area contributed by atoms with Gasteiger partial charge in [0.15, 0.2) is 0 Å². The normalized spacial score (nSPS) is 40.6. The molecule has 0 amide bonds. The molecule has 0 aliphatic heterocycles. The SMILES string of the molecule is CC(C)(C)C(=O)OC12C[C]3CC(CC(C3)C1)C2. The molecule has 0 spiro atoms. The van der Waals surface area contributed by atoms with Crippen LogP contribution in [-0.4, -0.2) is 11.6 Å². The van der Waals surface area contributed by atoms with Gasteiger partial charge >= 0.3 is 5.97 Å². The molecule has 0 aromatic carbocycles. The van der Waals surface area contributed by atoms with Crippen LogP contribution in [0.15, 0.2) is 0 Å². The molecule has 0 N–H and O–H groups in total. The minimum absolute atomic E-state index is 0.0138. The van der Waals surface area contributed by atoms with Gasteiger partial charge in [0.25, 0.3) is 0 Å². The van der Waals surface area contributed by atoms with Gasteiger partial charge in [0.05, 0.1) is 5.41 Å². The van der Waals surface area contributed by atoms with Gasteiger partial charge in [-0.3, -0.25) is 4.79 Å². The highest BCUT2D eigenvalue weighted by molar-refractivity contribution is 5.76. The van der Waals surface area contributed by atoms with Crippen molar-refractivity contribution in [2.24, 2.45) is 17.3 Å². The summed E-state index contributed by atoms with van der Waals surface area (Å²) in [6.07, 6.45) is 7.29. The molecule has 4 aliphatic carbocycles. The van der Waals surface area contributed by atoms with E-state index in [2.05, 4.69) is 0 Å². The van der Waals surface area contributed by atoms with Gasteiger partial charge in [-0.15, -0.1) is 0 Å². The third kappa shape index (κ3) is 2.00. The topological polar surface area (TPSA) is 26.3 Å². The highest BCUT2D eigenvalue weighted by Gasteiger charge is 2.53. The molecule has 95 valence electrons. The maximum Gasteiger partial charge on any atom is 0.311 e. The Morgan fingerprint density at radius 2 is 1.82 bits per heavy atom. The molecule has 1 radical (unpaired) electrons. The van der Waals surface area contributed by atoms with Crippen molar-refractivity contribution in [2.45, 2.75) is 64.9 Å². The lowest BCUT2D eigenvalue weighted by Crippen LogP contribution is -2.53. The van der Waals surface area contributed by atoms with Crippen molar-refractivity contribution < 1.29 is 9.53 Å². The quantitative estimate of drug-likeness (QED) is 0.650. The van der Waals surface area contributed by atoms with Gasteiger partial charge in [0.2, 0.25) is 0 Å². The Labute approximate surface area is 104 Å². The molecule has 2 nitrogen and oxygen atoms in total. The minimum Gasteiger partial charge on any atom is -0.459 e. The fourth-order valence-corrected chi connectivity index (χ4v) is 4.20. The zero-order valence-electron chi connectivity index (χ0n) is 11.2. The average Bonchev–Trinajstić information content (AvgIpc) is 2.12. The number of esters is 1. The van der Waals surface area contributed by atoms with E-state index in [1.165, 1.54) is 19.3 Å². The lowest BCUT2D eigenvalue weighted by Gasteiger charge is -2.55. The van der Waals surface area contributed by atoms with Gasteiger partial charge in [0, 0.05) is 0 Å². The van der Waals surface area contributed by atoms with Crippen LogP contribution in [0.25, 0.3) is 0 Å². The molecule has 0 aromatic heterocycles. The molecule has 0 heterocycles. The molecule has 0 saturated heterocycles. The van der Waals surface area contributed by atoms with E-state index < -0.39 is 0 Å². The summed E-state index contributed by atoms with van der Waals surface area (Å²) in [5.41, 5.74) is -0.474. The largest absolute Gasteiger partial charge is 0.459 e. The van der Waals surface area contributed by atoms with E-state index in [-0.39, 0.29) is 17.0 Å². The first-order chi connectivity index (χ1) is 7.86. The molecular weight excluding hydrogens is 212 g/mol. The van der Waals surface area contributed by atoms with E-state index in [1.807, 2.05) is 20.8 Å². The molecule has 0 aromatic rings. The zero-order chi connectivity index (χ0) is 12.3. The van der Waals surface area contributed by atoms with Gasteiger partial charge in [-0.05, 0) is 77.0 Å². The molecule has 4 saturated carbocycles. The fourth-order valence-electron chi connectivity index (χ4n) is 4.20. The summed E-state index contributed by atoms with van der Waals surface area (Å²) in [5.74, 6) is 3.27. The number of carbonyl (C=O) groups is 1. The predicted octanol–water partition coefficient (Wildman–Crippen LogP) is 3.50. The Morgan fingerprint density at radius 3 is 2.29 bits per heavy atom. The van der Waals surface area contributed by atoms with Crippen LogP contribution in [0.2, 0.25) is 0 Å². The van der Waals surface area contributed by atoms with Crippen LogP contribution in [-0.2, 0) is 9.53 Å². The molecule has 4 aliphatic rings. The van der Waals surface area contributed by atoms with Gasteiger partial charge < -0.3 is 4.74 Å². The van der Waals surface area contributed by atoms with E-state index in [1.54, 1.807) is 5.92 Å². The standard InChI is InChI=1S/C15H23O2/c1-14(2,3)13(16)17-15-7-10-4-11(8-15)6-12(5-10)9-15/h10-11H,4-9H2,1-3H3. The lowest BCUT2D eigenvalue weighted by atomic mass is 9.54. The number of rotatable bonds is 1. The van der Waals surface area contributed by atoms with Crippen molar-refractivity contribution >= 4 is 5.97 Å². The molecule has 2 atom stereocenters. The summed E-state index contributed by atoms with van der Waals surface area (Å²) in [7, 11) is 0. The van der Waals surface area contributed by atoms with Crippen LogP contribution in [0.5, 0.6) is 0 Å². The first-order valence-corrected chi connectivity index (χ1v) is 6.93. The van der Waals surface area contributed by atoms with Crippen LogP contribution >= 0.6 is 0 Å². The molecule has 4 fully saturated rings. The highest BCUT2D eigenvalue weighted by Crippen LogP contribution is 2.58. The van der Waals surface area contributed by atoms with Gasteiger partial charge in [0.1, 0.15) is 5.60 Å². The molecule has 4 rings (SSSR count). The first kappa shape index (κ1) is 11.6.